The summed E-state index contributed by atoms with van der Waals surface area (Å²) in [5.41, 5.74) is 7.24. The van der Waals surface area contributed by atoms with Gasteiger partial charge in [-0.1, -0.05) is 30.3 Å². The van der Waals surface area contributed by atoms with Crippen LogP contribution in [0.25, 0.3) is 0 Å². The van der Waals surface area contributed by atoms with Crippen LogP contribution in [0.3, 0.4) is 0 Å². The Labute approximate surface area is 134 Å². The summed E-state index contributed by atoms with van der Waals surface area (Å²) in [5.74, 6) is 0.609. The van der Waals surface area contributed by atoms with Crippen LogP contribution in [0.4, 0.5) is 0 Å². The number of rotatable bonds is 5. The predicted octanol–water partition coefficient (Wildman–Crippen LogP) is 1.24. The minimum absolute atomic E-state index is 0.482. The minimum Gasteiger partial charge on any atom is -0.370 e. The van der Waals surface area contributed by atoms with Gasteiger partial charge >= 0.3 is 0 Å². The van der Waals surface area contributed by atoms with Gasteiger partial charge in [0.05, 0.1) is 0 Å². The highest BCUT2D eigenvalue weighted by atomic mass is 15.3. The molecule has 2 rings (SSSR count). The summed E-state index contributed by atoms with van der Waals surface area (Å²) >= 11 is 0. The fraction of sp³-hybridized carbons (Fsp3) is 0.588. The molecule has 2 N–H and O–H groups in total. The van der Waals surface area contributed by atoms with E-state index in [0.29, 0.717) is 12.0 Å². The number of piperazine rings is 1. The van der Waals surface area contributed by atoms with Gasteiger partial charge < -0.3 is 15.5 Å². The van der Waals surface area contributed by atoms with Gasteiger partial charge in [-0.3, -0.25) is 9.89 Å². The normalized spacial score (nSPS) is 21.0. The van der Waals surface area contributed by atoms with Crippen molar-refractivity contribution in [1.29, 1.82) is 0 Å². The van der Waals surface area contributed by atoms with Gasteiger partial charge in [-0.2, -0.15) is 0 Å². The Morgan fingerprint density at radius 3 is 2.68 bits per heavy atom. The van der Waals surface area contributed by atoms with Gasteiger partial charge in [-0.25, -0.2) is 0 Å². The molecule has 1 aromatic rings. The maximum Gasteiger partial charge on any atom is 0.190 e. The number of nitrogens with two attached hydrogens (primary N) is 1. The number of benzene rings is 1. The van der Waals surface area contributed by atoms with E-state index in [0.717, 1.165) is 39.1 Å². The van der Waals surface area contributed by atoms with E-state index in [2.05, 4.69) is 52.2 Å². The molecule has 5 heteroatoms. The van der Waals surface area contributed by atoms with Gasteiger partial charge in [0, 0.05) is 52.9 Å². The average molecular weight is 303 g/mol. The second kappa shape index (κ2) is 8.15. The molecule has 1 atom stereocenters. The zero-order valence-electron chi connectivity index (χ0n) is 14.1. The third-order valence-electron chi connectivity index (χ3n) is 4.21. The fourth-order valence-corrected chi connectivity index (χ4v) is 2.82. The average Bonchev–Trinajstić information content (AvgIpc) is 2.53. The van der Waals surface area contributed by atoms with Crippen LogP contribution in [0.2, 0.25) is 0 Å². The highest BCUT2D eigenvalue weighted by Gasteiger charge is 2.25. The van der Waals surface area contributed by atoms with Crippen LogP contribution in [0.15, 0.2) is 35.3 Å². The molecule has 1 aliphatic rings. The molecule has 0 bridgehead atoms. The monoisotopic (exact) mass is 303 g/mol. The van der Waals surface area contributed by atoms with E-state index in [-0.39, 0.29) is 0 Å². The Morgan fingerprint density at radius 1 is 1.27 bits per heavy atom. The highest BCUT2D eigenvalue weighted by Crippen LogP contribution is 2.24. The molecule has 0 saturated carbocycles. The number of hydrogen-bond acceptors (Lipinski definition) is 3. The molecular formula is C17H29N5. The van der Waals surface area contributed by atoms with Crippen molar-refractivity contribution >= 4 is 5.96 Å². The molecule has 0 spiro atoms. The lowest BCUT2D eigenvalue weighted by atomic mass is 10.0. The lowest BCUT2D eigenvalue weighted by molar-refractivity contribution is 0.0894. The molecule has 1 heterocycles. The Bertz CT molecular complexity index is 471. The molecule has 0 radical (unpaired) electrons. The van der Waals surface area contributed by atoms with Gasteiger partial charge in [-0.15, -0.1) is 0 Å². The summed E-state index contributed by atoms with van der Waals surface area (Å²) in [6, 6.07) is 11.3. The number of hydrogen-bond donors (Lipinski definition) is 1. The largest absolute Gasteiger partial charge is 0.370 e. The lowest BCUT2D eigenvalue weighted by Crippen LogP contribution is -2.47. The van der Waals surface area contributed by atoms with E-state index in [4.69, 9.17) is 5.73 Å². The quantitative estimate of drug-likeness (QED) is 0.505. The second-order valence-corrected chi connectivity index (χ2v) is 6.21. The topological polar surface area (TPSA) is 48.1 Å². The van der Waals surface area contributed by atoms with Crippen molar-refractivity contribution in [3.8, 4) is 0 Å². The maximum absolute atomic E-state index is 5.83. The molecule has 0 amide bonds. The van der Waals surface area contributed by atoms with Gasteiger partial charge in [-0.05, 0) is 19.0 Å². The Balaban J connectivity index is 1.91. The van der Waals surface area contributed by atoms with E-state index < -0.39 is 0 Å². The minimum atomic E-state index is 0.482. The zero-order chi connectivity index (χ0) is 15.9. The molecule has 1 aliphatic heterocycles. The summed E-state index contributed by atoms with van der Waals surface area (Å²) in [6.45, 7) is 5.19. The van der Waals surface area contributed by atoms with Crippen molar-refractivity contribution in [3.05, 3.63) is 35.9 Å². The molecular weight excluding hydrogens is 274 g/mol. The molecule has 0 unspecified atom stereocenters. The summed E-state index contributed by atoms with van der Waals surface area (Å²) in [7, 11) is 6.05. The van der Waals surface area contributed by atoms with E-state index in [9.17, 15) is 0 Å². The van der Waals surface area contributed by atoms with Gasteiger partial charge in [0.1, 0.15) is 0 Å². The van der Waals surface area contributed by atoms with E-state index in [1.54, 1.807) is 0 Å². The standard InChI is InChI=1S/C17H29N5/c1-20(2)17(18)19-10-7-11-22-13-12-21(3)14-16(22)15-8-5-4-6-9-15/h4-6,8-9,16H,7,10-14H2,1-3H3,(H2,18,19)/t16-/m0/s1. The Morgan fingerprint density at radius 2 is 2.00 bits per heavy atom. The first-order valence-corrected chi connectivity index (χ1v) is 8.02. The Hall–Kier alpha value is -1.59. The van der Waals surface area contributed by atoms with Crippen LogP contribution in [0.5, 0.6) is 0 Å². The van der Waals surface area contributed by atoms with Crippen LogP contribution in [0, 0.1) is 0 Å². The van der Waals surface area contributed by atoms with Gasteiger partial charge in [0.2, 0.25) is 0 Å². The molecule has 1 fully saturated rings. The number of likely N-dealkylation sites (N-methyl/N-ethyl adjacent to an activating group) is 1. The van der Waals surface area contributed by atoms with Crippen LogP contribution < -0.4 is 5.73 Å². The van der Waals surface area contributed by atoms with Crippen LogP contribution in [0.1, 0.15) is 18.0 Å². The molecule has 1 aromatic carbocycles. The molecule has 0 aromatic heterocycles. The fourth-order valence-electron chi connectivity index (χ4n) is 2.82. The van der Waals surface area contributed by atoms with Crippen molar-refractivity contribution in [2.45, 2.75) is 12.5 Å². The lowest BCUT2D eigenvalue weighted by Gasteiger charge is -2.40. The molecule has 22 heavy (non-hydrogen) atoms. The summed E-state index contributed by atoms with van der Waals surface area (Å²) in [6.07, 6.45) is 1.04. The van der Waals surface area contributed by atoms with Crippen molar-refractivity contribution in [3.63, 3.8) is 0 Å². The van der Waals surface area contributed by atoms with Crippen molar-refractivity contribution in [2.24, 2.45) is 10.7 Å². The van der Waals surface area contributed by atoms with Crippen LogP contribution in [-0.4, -0.2) is 74.5 Å². The number of guanidine groups is 1. The Kier molecular flexibility index (Phi) is 6.21. The van der Waals surface area contributed by atoms with E-state index in [1.807, 2.05) is 19.0 Å². The van der Waals surface area contributed by atoms with Gasteiger partial charge in [0.15, 0.2) is 5.96 Å². The van der Waals surface area contributed by atoms with Crippen LogP contribution in [-0.2, 0) is 0 Å². The number of nitrogens with zero attached hydrogens (tertiary/aromatic N) is 4. The molecule has 5 nitrogen and oxygen atoms in total. The maximum atomic E-state index is 5.83. The molecule has 1 saturated heterocycles. The zero-order valence-corrected chi connectivity index (χ0v) is 14.1. The SMILES string of the molecule is CN1CCN(CCCN=C(N)N(C)C)[C@H](c2ccccc2)C1. The first kappa shape index (κ1) is 16.8. The number of aliphatic imine (C=N–C) groups is 1. The summed E-state index contributed by atoms with van der Waals surface area (Å²) in [5, 5.41) is 0. The third-order valence-corrected chi connectivity index (χ3v) is 4.21. The second-order valence-electron chi connectivity index (χ2n) is 6.21. The predicted molar refractivity (Wildman–Crippen MR) is 93.0 cm³/mol. The summed E-state index contributed by atoms with van der Waals surface area (Å²) < 4.78 is 0. The first-order valence-electron chi connectivity index (χ1n) is 8.02. The van der Waals surface area contributed by atoms with E-state index >= 15 is 0 Å². The first-order chi connectivity index (χ1) is 10.6. The van der Waals surface area contributed by atoms with Crippen molar-refractivity contribution in [2.75, 3.05) is 53.9 Å². The third kappa shape index (κ3) is 4.71. The van der Waals surface area contributed by atoms with Crippen molar-refractivity contribution in [1.82, 2.24) is 14.7 Å². The highest BCUT2D eigenvalue weighted by molar-refractivity contribution is 5.77. The van der Waals surface area contributed by atoms with Crippen molar-refractivity contribution < 1.29 is 0 Å². The van der Waals surface area contributed by atoms with Gasteiger partial charge in [0.25, 0.3) is 0 Å². The van der Waals surface area contributed by atoms with Crippen LogP contribution >= 0.6 is 0 Å². The summed E-state index contributed by atoms with van der Waals surface area (Å²) in [4.78, 5) is 11.2. The molecule has 122 valence electrons. The van der Waals surface area contributed by atoms with E-state index in [1.165, 1.54) is 5.56 Å². The smallest absolute Gasteiger partial charge is 0.190 e. The molecule has 0 aliphatic carbocycles.